The van der Waals surface area contributed by atoms with Crippen LogP contribution in [0.25, 0.3) is 0 Å². The van der Waals surface area contributed by atoms with Gasteiger partial charge >= 0.3 is 0 Å². The molecular formula is C31H39NO2. The van der Waals surface area contributed by atoms with Crippen LogP contribution in [0.5, 0.6) is 0 Å². The van der Waals surface area contributed by atoms with E-state index in [-0.39, 0.29) is 11.5 Å². The van der Waals surface area contributed by atoms with Gasteiger partial charge in [-0.15, -0.1) is 0 Å². The molecule has 0 bridgehead atoms. The number of anilines is 1. The Kier molecular flexibility index (Phi) is 5.28. The summed E-state index contributed by atoms with van der Waals surface area (Å²) in [5.74, 6) is 8.69. The summed E-state index contributed by atoms with van der Waals surface area (Å²) in [5, 5.41) is 22.4. The fourth-order valence-corrected chi connectivity index (χ4v) is 7.76. The molecule has 3 saturated carbocycles. The number of nitrogens with zero attached hydrogens (tertiary/aromatic N) is 1. The van der Waals surface area contributed by atoms with E-state index in [1.165, 1.54) is 35.2 Å². The highest BCUT2D eigenvalue weighted by Crippen LogP contribution is 2.66. The van der Waals surface area contributed by atoms with Crippen molar-refractivity contribution >= 4 is 5.69 Å². The lowest BCUT2D eigenvalue weighted by Crippen LogP contribution is -2.51. The third-order valence-corrected chi connectivity index (χ3v) is 9.86. The number of fused-ring (bicyclic) bond motifs is 4. The van der Waals surface area contributed by atoms with E-state index in [0.717, 1.165) is 44.9 Å². The van der Waals surface area contributed by atoms with Crippen molar-refractivity contribution in [1.82, 2.24) is 0 Å². The first-order chi connectivity index (χ1) is 16.3. The van der Waals surface area contributed by atoms with Gasteiger partial charge in [-0.3, -0.25) is 0 Å². The predicted octanol–water partition coefficient (Wildman–Crippen LogP) is 5.59. The first-order valence-corrected chi connectivity index (χ1v) is 13.4. The van der Waals surface area contributed by atoms with Crippen molar-refractivity contribution in [1.29, 1.82) is 0 Å². The third-order valence-electron chi connectivity index (χ3n) is 9.86. The van der Waals surface area contributed by atoms with E-state index in [4.69, 9.17) is 0 Å². The summed E-state index contributed by atoms with van der Waals surface area (Å²) in [6.07, 6.45) is 11.1. The first kappa shape index (κ1) is 22.4. The highest BCUT2D eigenvalue weighted by atomic mass is 16.3. The molecule has 6 atom stereocenters. The molecule has 3 nitrogen and oxygen atoms in total. The van der Waals surface area contributed by atoms with Crippen molar-refractivity contribution in [2.75, 3.05) is 19.0 Å². The molecule has 34 heavy (non-hydrogen) atoms. The zero-order chi connectivity index (χ0) is 23.7. The number of benzene rings is 1. The van der Waals surface area contributed by atoms with E-state index in [0.29, 0.717) is 23.7 Å². The summed E-state index contributed by atoms with van der Waals surface area (Å²) in [6.45, 7) is 2.35. The predicted molar refractivity (Wildman–Crippen MR) is 137 cm³/mol. The fraction of sp³-hybridized carbons (Fsp3) is 0.613. The van der Waals surface area contributed by atoms with E-state index < -0.39 is 5.60 Å². The highest BCUT2D eigenvalue weighted by Gasteiger charge is 2.62. The van der Waals surface area contributed by atoms with Crippen molar-refractivity contribution in [3.05, 3.63) is 52.6 Å². The lowest BCUT2D eigenvalue weighted by Gasteiger charge is -2.54. The average molecular weight is 458 g/mol. The van der Waals surface area contributed by atoms with Crippen LogP contribution in [0.2, 0.25) is 0 Å². The maximum Gasteiger partial charge on any atom is 0.131 e. The minimum atomic E-state index is -0.882. The largest absolute Gasteiger partial charge is 0.389 e. The van der Waals surface area contributed by atoms with Crippen LogP contribution in [0.15, 0.2) is 47.1 Å². The monoisotopic (exact) mass is 457 g/mol. The fourth-order valence-electron chi connectivity index (χ4n) is 7.76. The smallest absolute Gasteiger partial charge is 0.131 e. The molecule has 180 valence electrons. The number of hydrogen-bond donors (Lipinski definition) is 2. The number of allylic oxidation sites excluding steroid dienone is 3. The Balaban J connectivity index is 1.49. The molecule has 1 aromatic carbocycles. The van der Waals surface area contributed by atoms with Gasteiger partial charge in [0.15, 0.2) is 0 Å². The molecule has 0 aliphatic heterocycles. The average Bonchev–Trinajstić information content (AvgIpc) is 3.61. The van der Waals surface area contributed by atoms with Crippen molar-refractivity contribution in [2.24, 2.45) is 23.2 Å². The Hall–Kier alpha value is -2.02. The van der Waals surface area contributed by atoms with E-state index in [9.17, 15) is 10.2 Å². The molecule has 1 aromatic rings. The summed E-state index contributed by atoms with van der Waals surface area (Å²) >= 11 is 0. The second-order valence-corrected chi connectivity index (χ2v) is 12.1. The van der Waals surface area contributed by atoms with Gasteiger partial charge < -0.3 is 15.1 Å². The molecule has 0 radical (unpaired) electrons. The molecule has 5 aliphatic rings. The van der Waals surface area contributed by atoms with E-state index in [2.05, 4.69) is 68.1 Å². The quantitative estimate of drug-likeness (QED) is 0.569. The van der Waals surface area contributed by atoms with Gasteiger partial charge in [0, 0.05) is 37.0 Å². The van der Waals surface area contributed by atoms with Gasteiger partial charge in [-0.1, -0.05) is 42.5 Å². The van der Waals surface area contributed by atoms with Crippen LogP contribution in [0.1, 0.15) is 76.2 Å². The van der Waals surface area contributed by atoms with Gasteiger partial charge in [-0.05, 0) is 98.5 Å². The molecular weight excluding hydrogens is 418 g/mol. The molecule has 0 aromatic heterocycles. The van der Waals surface area contributed by atoms with Gasteiger partial charge in [-0.2, -0.15) is 0 Å². The Morgan fingerprint density at radius 1 is 1.06 bits per heavy atom. The summed E-state index contributed by atoms with van der Waals surface area (Å²) < 4.78 is 0. The SMILES string of the molecule is CN(C)c1cccc([C@H]2C[C@@]3(C)[C@@H](CC[C@@]3(O)C#CC3CC3)[C@@H]3CCC4=CC(O)CCC4=C32)c1. The Bertz CT molecular complexity index is 1120. The molecule has 0 heterocycles. The highest BCUT2D eigenvalue weighted by molar-refractivity contribution is 5.53. The van der Waals surface area contributed by atoms with Crippen molar-refractivity contribution in [3.63, 3.8) is 0 Å². The minimum absolute atomic E-state index is 0.197. The zero-order valence-electron chi connectivity index (χ0n) is 21.0. The molecule has 0 spiro atoms. The van der Waals surface area contributed by atoms with Gasteiger partial charge in [0.1, 0.15) is 5.60 Å². The number of aliphatic hydroxyl groups excluding tert-OH is 1. The Morgan fingerprint density at radius 2 is 1.88 bits per heavy atom. The lowest BCUT2D eigenvalue weighted by atomic mass is 9.51. The van der Waals surface area contributed by atoms with Crippen LogP contribution >= 0.6 is 0 Å². The molecule has 2 N–H and O–H groups in total. The van der Waals surface area contributed by atoms with Crippen LogP contribution in [0.4, 0.5) is 5.69 Å². The van der Waals surface area contributed by atoms with Crippen LogP contribution in [0.3, 0.4) is 0 Å². The molecule has 3 heteroatoms. The van der Waals surface area contributed by atoms with Crippen LogP contribution in [-0.4, -0.2) is 36.0 Å². The van der Waals surface area contributed by atoms with Gasteiger partial charge in [0.05, 0.1) is 6.10 Å². The Labute approximate surface area is 204 Å². The zero-order valence-corrected chi connectivity index (χ0v) is 21.0. The van der Waals surface area contributed by atoms with E-state index in [1.807, 2.05) is 0 Å². The van der Waals surface area contributed by atoms with Gasteiger partial charge in [-0.25, -0.2) is 0 Å². The minimum Gasteiger partial charge on any atom is -0.389 e. The lowest BCUT2D eigenvalue weighted by molar-refractivity contribution is -0.0514. The van der Waals surface area contributed by atoms with E-state index >= 15 is 0 Å². The summed E-state index contributed by atoms with van der Waals surface area (Å²) in [4.78, 5) is 2.18. The van der Waals surface area contributed by atoms with Crippen molar-refractivity contribution in [3.8, 4) is 11.8 Å². The second kappa shape index (κ2) is 8.00. The summed E-state index contributed by atoms with van der Waals surface area (Å²) in [7, 11) is 4.21. The van der Waals surface area contributed by atoms with Crippen molar-refractivity contribution < 1.29 is 10.2 Å². The number of rotatable bonds is 2. The first-order valence-electron chi connectivity index (χ1n) is 13.4. The van der Waals surface area contributed by atoms with Gasteiger partial charge in [0.2, 0.25) is 0 Å². The summed E-state index contributed by atoms with van der Waals surface area (Å²) in [5.41, 5.74) is 6.07. The maximum absolute atomic E-state index is 12.0. The molecule has 1 unspecified atom stereocenters. The maximum atomic E-state index is 12.0. The molecule has 6 rings (SSSR count). The standard InChI is InChI=1S/C31H39NO2/c1-30-19-27(21-5-4-6-23(17-21)32(2)3)29-25-12-10-24(33)18-22(25)9-11-26(29)28(30)14-16-31(30,34)15-13-20-7-8-20/h4-6,17-18,20,24,26-28,33-34H,7-12,14,16,19H2,1-3H3/t24?,26-,27+,28-,30-,31-/m0/s1. The number of hydrogen-bond acceptors (Lipinski definition) is 3. The van der Waals surface area contributed by atoms with Gasteiger partial charge in [0.25, 0.3) is 0 Å². The molecule has 3 fully saturated rings. The topological polar surface area (TPSA) is 43.7 Å². The molecule has 5 aliphatic carbocycles. The van der Waals surface area contributed by atoms with Crippen LogP contribution < -0.4 is 4.90 Å². The Morgan fingerprint density at radius 3 is 2.65 bits per heavy atom. The number of aliphatic hydroxyl groups is 2. The normalized spacial score (nSPS) is 38.8. The third kappa shape index (κ3) is 3.49. The second-order valence-electron chi connectivity index (χ2n) is 12.1. The van der Waals surface area contributed by atoms with E-state index in [1.54, 1.807) is 5.57 Å². The molecule has 0 amide bonds. The van der Waals surface area contributed by atoms with Crippen LogP contribution in [-0.2, 0) is 0 Å². The van der Waals surface area contributed by atoms with Crippen molar-refractivity contribution in [2.45, 2.75) is 82.3 Å². The molecule has 0 saturated heterocycles. The summed E-state index contributed by atoms with van der Waals surface area (Å²) in [6, 6.07) is 9.03. The van der Waals surface area contributed by atoms with Crippen LogP contribution in [0, 0.1) is 35.0 Å².